The van der Waals surface area contributed by atoms with E-state index in [1.807, 2.05) is 32.0 Å². The number of rotatable bonds is 8. The Labute approximate surface area is 282 Å². The summed E-state index contributed by atoms with van der Waals surface area (Å²) in [5.74, 6) is -0.671. The highest BCUT2D eigenvalue weighted by Gasteiger charge is 2.47. The molecule has 2 aromatic carbocycles. The zero-order valence-corrected chi connectivity index (χ0v) is 32.6. The van der Waals surface area contributed by atoms with Gasteiger partial charge in [0.1, 0.15) is 12.3 Å². The van der Waals surface area contributed by atoms with Crippen molar-refractivity contribution in [3.63, 3.8) is 0 Å². The van der Waals surface area contributed by atoms with Crippen LogP contribution in [0.15, 0.2) is 58.1 Å². The maximum Gasteiger partial charge on any atom is 0.340 e. The fraction of sp³-hybridized carbons (Fsp3) is 0.541. The lowest BCUT2D eigenvalue weighted by atomic mass is 9.96. The molecule has 0 amide bonds. The Bertz CT molecular complexity index is 1730. The molecule has 3 atom stereocenters. The number of hydrogen-bond acceptors (Lipinski definition) is 6. The summed E-state index contributed by atoms with van der Waals surface area (Å²) in [7, 11) is -4.43. The number of benzene rings is 2. The van der Waals surface area contributed by atoms with Crippen molar-refractivity contribution in [3.05, 3.63) is 91.6 Å². The Kier molecular flexibility index (Phi) is 10.4. The normalized spacial score (nSPS) is 19.3. The lowest BCUT2D eigenvalue weighted by Crippen LogP contribution is -2.48. The molecule has 4 rings (SSSR count). The molecule has 0 radical (unpaired) electrons. The van der Waals surface area contributed by atoms with Crippen LogP contribution in [0.1, 0.15) is 81.2 Å². The maximum atomic E-state index is 14.6. The third-order valence-electron chi connectivity index (χ3n) is 10.6. The van der Waals surface area contributed by atoms with Crippen LogP contribution in [0.4, 0.5) is 0 Å². The van der Waals surface area contributed by atoms with E-state index < -0.39 is 46.1 Å². The molecule has 0 bridgehead atoms. The fourth-order valence-corrected chi connectivity index (χ4v) is 7.96. The number of aryl methyl sites for hydroxylation is 2. The van der Waals surface area contributed by atoms with Crippen molar-refractivity contribution in [1.29, 1.82) is 0 Å². The molecule has 0 saturated carbocycles. The van der Waals surface area contributed by atoms with E-state index in [9.17, 15) is 14.4 Å². The number of aromatic nitrogens is 2. The lowest BCUT2D eigenvalue weighted by Gasteiger charge is -2.40. The molecular weight excluding hydrogens is 625 g/mol. The Morgan fingerprint density at radius 3 is 1.94 bits per heavy atom. The van der Waals surface area contributed by atoms with E-state index >= 15 is 0 Å². The molecule has 47 heavy (non-hydrogen) atoms. The van der Waals surface area contributed by atoms with Crippen LogP contribution in [0.3, 0.4) is 0 Å². The average Bonchev–Trinajstić information content (AvgIpc) is 3.34. The predicted molar refractivity (Wildman–Crippen MR) is 195 cm³/mol. The standard InChI is InChI=1S/C37H54N2O6Si2/c1-24-18-17-19-25(2)31(24)32-26(3)33(40)39(34(41)27-20-15-14-16-21-27)35(42)38(32)30-22-28(45-47(12,13)37(7,8)9)29(44-30)23-43-46(10,11)36(4,5)6/h14-21,28-30H,22-23H2,1-13H3/t28-,29+,30+/m0/s1. The van der Waals surface area contributed by atoms with Gasteiger partial charge in [0.2, 0.25) is 0 Å². The van der Waals surface area contributed by atoms with Crippen LogP contribution in [-0.2, 0) is 13.6 Å². The van der Waals surface area contributed by atoms with Gasteiger partial charge in [-0.25, -0.2) is 4.79 Å². The van der Waals surface area contributed by atoms with E-state index in [0.29, 0.717) is 24.3 Å². The van der Waals surface area contributed by atoms with E-state index in [-0.39, 0.29) is 21.7 Å². The van der Waals surface area contributed by atoms with Crippen LogP contribution in [0.5, 0.6) is 0 Å². The molecule has 0 spiro atoms. The van der Waals surface area contributed by atoms with Crippen molar-refractivity contribution in [2.24, 2.45) is 0 Å². The number of carbonyl (C=O) groups excluding carboxylic acids is 1. The quantitative estimate of drug-likeness (QED) is 0.225. The third kappa shape index (κ3) is 7.27. The van der Waals surface area contributed by atoms with Crippen molar-refractivity contribution >= 4 is 22.5 Å². The molecule has 1 aliphatic rings. The number of hydrogen-bond donors (Lipinski definition) is 0. The van der Waals surface area contributed by atoms with Crippen molar-refractivity contribution in [2.75, 3.05) is 6.61 Å². The topological polar surface area (TPSA) is 88.8 Å². The third-order valence-corrected chi connectivity index (χ3v) is 19.6. The first-order valence-electron chi connectivity index (χ1n) is 16.6. The highest BCUT2D eigenvalue weighted by Crippen LogP contribution is 2.43. The van der Waals surface area contributed by atoms with Gasteiger partial charge >= 0.3 is 5.69 Å². The second-order valence-electron chi connectivity index (χ2n) is 16.1. The Morgan fingerprint density at radius 1 is 0.851 bits per heavy atom. The first-order valence-corrected chi connectivity index (χ1v) is 22.4. The maximum absolute atomic E-state index is 14.6. The average molecular weight is 679 g/mol. The minimum Gasteiger partial charge on any atom is -0.414 e. The van der Waals surface area contributed by atoms with Crippen LogP contribution in [0, 0.1) is 20.8 Å². The summed E-state index contributed by atoms with van der Waals surface area (Å²) in [5, 5.41) is -0.0558. The summed E-state index contributed by atoms with van der Waals surface area (Å²) < 4.78 is 22.8. The molecule has 1 saturated heterocycles. The molecule has 1 fully saturated rings. The minimum atomic E-state index is -2.28. The van der Waals surface area contributed by atoms with Gasteiger partial charge in [-0.15, -0.1) is 0 Å². The van der Waals surface area contributed by atoms with Gasteiger partial charge in [-0.1, -0.05) is 77.9 Å². The molecule has 0 aliphatic carbocycles. The molecular formula is C37H54N2O6Si2. The minimum absolute atomic E-state index is 0.00231. The monoisotopic (exact) mass is 678 g/mol. The lowest BCUT2D eigenvalue weighted by molar-refractivity contribution is -0.0409. The summed E-state index contributed by atoms with van der Waals surface area (Å²) >= 11 is 0. The predicted octanol–water partition coefficient (Wildman–Crippen LogP) is 7.99. The first-order chi connectivity index (χ1) is 21.6. The molecule has 0 unspecified atom stereocenters. The summed E-state index contributed by atoms with van der Waals surface area (Å²) in [6, 6.07) is 14.3. The molecule has 2 heterocycles. The highest BCUT2D eigenvalue weighted by atomic mass is 28.4. The smallest absolute Gasteiger partial charge is 0.340 e. The van der Waals surface area contributed by atoms with Crippen LogP contribution >= 0.6 is 0 Å². The molecule has 8 nitrogen and oxygen atoms in total. The van der Waals surface area contributed by atoms with Crippen molar-refractivity contribution in [3.8, 4) is 11.3 Å². The fourth-order valence-electron chi connectivity index (χ4n) is 5.59. The molecule has 3 aromatic rings. The van der Waals surface area contributed by atoms with Crippen molar-refractivity contribution in [2.45, 2.75) is 123 Å². The highest BCUT2D eigenvalue weighted by molar-refractivity contribution is 6.74. The zero-order chi connectivity index (χ0) is 35.3. The van der Waals surface area contributed by atoms with E-state index in [2.05, 4.69) is 67.7 Å². The van der Waals surface area contributed by atoms with Gasteiger partial charge in [-0.2, -0.15) is 4.57 Å². The van der Waals surface area contributed by atoms with Gasteiger partial charge in [-0.05, 0) is 80.3 Å². The SMILES string of the molecule is Cc1cccc(C)c1-c1c(C)c(=O)n(C(=O)c2ccccc2)c(=O)n1[C@H]1C[C@H](O[Si](C)(C)C(C)(C)C)[C@@H](CO[Si](C)(C)C(C)(C)C)O1. The molecule has 10 heteroatoms. The molecule has 1 aliphatic heterocycles. The van der Waals surface area contributed by atoms with Gasteiger partial charge in [-0.3, -0.25) is 14.2 Å². The zero-order valence-electron chi connectivity index (χ0n) is 30.6. The molecule has 0 N–H and O–H groups in total. The van der Waals surface area contributed by atoms with Crippen molar-refractivity contribution in [1.82, 2.24) is 9.13 Å². The van der Waals surface area contributed by atoms with Gasteiger partial charge < -0.3 is 13.6 Å². The van der Waals surface area contributed by atoms with E-state index in [1.165, 1.54) is 4.57 Å². The van der Waals surface area contributed by atoms with Crippen LogP contribution in [0.25, 0.3) is 11.3 Å². The summed E-state index contributed by atoms with van der Waals surface area (Å²) in [4.78, 5) is 42.4. The molecule has 256 valence electrons. The van der Waals surface area contributed by atoms with Gasteiger partial charge in [0.15, 0.2) is 16.6 Å². The van der Waals surface area contributed by atoms with Crippen molar-refractivity contribution < 1.29 is 18.4 Å². The number of nitrogens with zero attached hydrogens (tertiary/aromatic N) is 2. The van der Waals surface area contributed by atoms with Crippen LogP contribution in [0.2, 0.25) is 36.3 Å². The van der Waals surface area contributed by atoms with Gasteiger partial charge in [0.25, 0.3) is 11.5 Å². The number of carbonyl (C=O) groups is 1. The summed E-state index contributed by atoms with van der Waals surface area (Å²) in [6.45, 7) is 28.0. The van der Waals surface area contributed by atoms with E-state index in [0.717, 1.165) is 21.3 Å². The Morgan fingerprint density at radius 2 is 1.40 bits per heavy atom. The Hall–Kier alpha value is -2.90. The Balaban J connectivity index is 1.94. The second kappa shape index (κ2) is 13.2. The van der Waals surface area contributed by atoms with Crippen LogP contribution < -0.4 is 11.2 Å². The van der Waals surface area contributed by atoms with Gasteiger partial charge in [0.05, 0.1) is 18.4 Å². The number of ether oxygens (including phenoxy) is 1. The van der Waals surface area contributed by atoms with E-state index in [1.54, 1.807) is 37.3 Å². The molecule has 1 aromatic heterocycles. The summed E-state index contributed by atoms with van der Waals surface area (Å²) in [6.07, 6.45) is -1.23. The van der Waals surface area contributed by atoms with E-state index in [4.69, 9.17) is 13.6 Å². The summed E-state index contributed by atoms with van der Waals surface area (Å²) in [5.41, 5.74) is 2.27. The first kappa shape index (κ1) is 36.9. The second-order valence-corrected chi connectivity index (χ2v) is 25.6. The largest absolute Gasteiger partial charge is 0.414 e. The van der Waals surface area contributed by atoms with Gasteiger partial charge in [0, 0.05) is 23.1 Å². The van der Waals surface area contributed by atoms with Crippen LogP contribution in [-0.4, -0.2) is 50.5 Å².